The fourth-order valence-electron chi connectivity index (χ4n) is 1.33. The van der Waals surface area contributed by atoms with Gasteiger partial charge in [-0.15, -0.1) is 0 Å². The second kappa shape index (κ2) is 2.83. The molecule has 2 heteroatoms. The van der Waals surface area contributed by atoms with Gasteiger partial charge in [0.15, 0.2) is 0 Å². The van der Waals surface area contributed by atoms with E-state index in [0.29, 0.717) is 5.92 Å². The summed E-state index contributed by atoms with van der Waals surface area (Å²) in [5.41, 5.74) is -0.357. The van der Waals surface area contributed by atoms with Crippen LogP contribution >= 0.6 is 0 Å². The molecule has 0 aliphatic heterocycles. The van der Waals surface area contributed by atoms with Crippen LogP contribution < -0.4 is 0 Å². The van der Waals surface area contributed by atoms with E-state index in [1.54, 1.807) is 0 Å². The number of aliphatic hydroxyl groups is 1. The van der Waals surface area contributed by atoms with Gasteiger partial charge in [-0.05, 0) is 25.2 Å². The first-order valence-corrected chi connectivity index (χ1v) is 4.20. The van der Waals surface area contributed by atoms with E-state index in [1.807, 2.05) is 0 Å². The van der Waals surface area contributed by atoms with Gasteiger partial charge in [-0.3, -0.25) is 0 Å². The van der Waals surface area contributed by atoms with Crippen molar-refractivity contribution >= 4 is 0 Å². The summed E-state index contributed by atoms with van der Waals surface area (Å²) in [4.78, 5) is 0. The minimum absolute atomic E-state index is 0.357. The monoisotopic (exact) mass is 153 g/mol. The zero-order chi connectivity index (χ0) is 8.48. The summed E-state index contributed by atoms with van der Waals surface area (Å²) in [5.74, 6) is 0.482. The van der Waals surface area contributed by atoms with E-state index in [4.69, 9.17) is 5.26 Å². The molecule has 0 aromatic heterocycles. The van der Waals surface area contributed by atoms with Crippen LogP contribution in [0.4, 0.5) is 0 Å². The Bertz CT molecular complexity index is 176. The van der Waals surface area contributed by atoms with Crippen molar-refractivity contribution in [3.8, 4) is 6.07 Å². The van der Waals surface area contributed by atoms with Crippen molar-refractivity contribution in [1.29, 1.82) is 5.26 Å². The summed E-state index contributed by atoms with van der Waals surface area (Å²) >= 11 is 0. The van der Waals surface area contributed by atoms with Crippen molar-refractivity contribution in [2.45, 2.75) is 39.2 Å². The van der Waals surface area contributed by atoms with E-state index in [1.165, 1.54) is 0 Å². The van der Waals surface area contributed by atoms with Gasteiger partial charge in [-0.1, -0.05) is 13.8 Å². The summed E-state index contributed by atoms with van der Waals surface area (Å²) in [6.45, 7) is 4.13. The van der Waals surface area contributed by atoms with Gasteiger partial charge in [0.05, 0.1) is 17.6 Å². The Balaban J connectivity index is 2.43. The number of nitrogens with zero attached hydrogens (tertiary/aromatic N) is 1. The van der Waals surface area contributed by atoms with Gasteiger partial charge in [0, 0.05) is 0 Å². The van der Waals surface area contributed by atoms with Crippen LogP contribution in [0.1, 0.15) is 33.1 Å². The molecule has 1 aliphatic rings. The van der Waals surface area contributed by atoms with Gasteiger partial charge < -0.3 is 5.11 Å². The summed E-state index contributed by atoms with van der Waals surface area (Å²) in [7, 11) is 0. The van der Waals surface area contributed by atoms with E-state index in [9.17, 15) is 5.11 Å². The number of aliphatic hydroxyl groups excluding tert-OH is 1. The highest BCUT2D eigenvalue weighted by Gasteiger charge is 2.49. The minimum Gasteiger partial charge on any atom is -0.391 e. The van der Waals surface area contributed by atoms with Gasteiger partial charge in [-0.2, -0.15) is 5.26 Å². The Kier molecular flexibility index (Phi) is 2.20. The van der Waals surface area contributed by atoms with Crippen molar-refractivity contribution < 1.29 is 5.11 Å². The lowest BCUT2D eigenvalue weighted by molar-refractivity contribution is 0.0988. The van der Waals surface area contributed by atoms with Gasteiger partial charge in [0.2, 0.25) is 0 Å². The minimum atomic E-state index is -0.396. The first-order valence-electron chi connectivity index (χ1n) is 4.20. The molecule has 1 N–H and O–H groups in total. The maximum atomic E-state index is 9.59. The smallest absolute Gasteiger partial charge is 0.0833 e. The fourth-order valence-corrected chi connectivity index (χ4v) is 1.33. The van der Waals surface area contributed by atoms with Gasteiger partial charge in [0.25, 0.3) is 0 Å². The number of hydrogen-bond acceptors (Lipinski definition) is 2. The number of rotatable bonds is 3. The molecule has 1 rings (SSSR count). The molecule has 0 amide bonds. The molecule has 0 spiro atoms. The lowest BCUT2D eigenvalue weighted by Gasteiger charge is -2.16. The standard InChI is InChI=1S/C9H15NO/c1-7(2)5-8(11)9(6-10)3-4-9/h7-8,11H,3-5H2,1-2H3. The summed E-state index contributed by atoms with van der Waals surface area (Å²) in [6, 6.07) is 2.21. The molecule has 0 aromatic carbocycles. The third kappa shape index (κ3) is 1.72. The molecule has 1 atom stereocenters. The second-order valence-electron chi connectivity index (χ2n) is 3.91. The Morgan fingerprint density at radius 3 is 2.36 bits per heavy atom. The van der Waals surface area contributed by atoms with Crippen molar-refractivity contribution in [2.75, 3.05) is 0 Å². The van der Waals surface area contributed by atoms with Crippen LogP contribution in [0.2, 0.25) is 0 Å². The normalized spacial score (nSPS) is 22.8. The first-order chi connectivity index (χ1) is 5.10. The van der Waals surface area contributed by atoms with Crippen molar-refractivity contribution in [3.63, 3.8) is 0 Å². The average Bonchev–Trinajstić information content (AvgIpc) is 2.65. The summed E-state index contributed by atoms with van der Waals surface area (Å²) in [5, 5.41) is 18.3. The zero-order valence-corrected chi connectivity index (χ0v) is 7.17. The Morgan fingerprint density at radius 2 is 2.09 bits per heavy atom. The topological polar surface area (TPSA) is 44.0 Å². The molecular weight excluding hydrogens is 138 g/mol. The molecule has 2 nitrogen and oxygen atoms in total. The Morgan fingerprint density at radius 1 is 1.55 bits per heavy atom. The van der Waals surface area contributed by atoms with Crippen LogP contribution in [0.15, 0.2) is 0 Å². The predicted molar refractivity (Wildman–Crippen MR) is 42.7 cm³/mol. The Hall–Kier alpha value is -0.550. The molecular formula is C9H15NO. The van der Waals surface area contributed by atoms with Crippen molar-refractivity contribution in [2.24, 2.45) is 11.3 Å². The molecule has 0 bridgehead atoms. The maximum Gasteiger partial charge on any atom is 0.0833 e. The van der Waals surface area contributed by atoms with Crippen LogP contribution in [0.5, 0.6) is 0 Å². The van der Waals surface area contributed by atoms with Crippen LogP contribution in [-0.2, 0) is 0 Å². The lowest BCUT2D eigenvalue weighted by Crippen LogP contribution is -2.22. The maximum absolute atomic E-state index is 9.59. The molecule has 0 saturated heterocycles. The van der Waals surface area contributed by atoms with Crippen LogP contribution in [0, 0.1) is 22.7 Å². The van der Waals surface area contributed by atoms with Crippen LogP contribution in [0.3, 0.4) is 0 Å². The molecule has 1 saturated carbocycles. The quantitative estimate of drug-likeness (QED) is 0.670. The van der Waals surface area contributed by atoms with E-state index in [2.05, 4.69) is 19.9 Å². The highest BCUT2D eigenvalue weighted by Crippen LogP contribution is 2.49. The van der Waals surface area contributed by atoms with Crippen molar-refractivity contribution in [1.82, 2.24) is 0 Å². The van der Waals surface area contributed by atoms with Gasteiger partial charge >= 0.3 is 0 Å². The number of nitriles is 1. The van der Waals surface area contributed by atoms with E-state index < -0.39 is 6.10 Å². The molecule has 1 unspecified atom stereocenters. The highest BCUT2D eigenvalue weighted by molar-refractivity contribution is 5.13. The van der Waals surface area contributed by atoms with E-state index >= 15 is 0 Å². The SMILES string of the molecule is CC(C)CC(O)C1(C#N)CC1. The van der Waals surface area contributed by atoms with E-state index in [-0.39, 0.29) is 5.41 Å². The third-order valence-electron chi connectivity index (χ3n) is 2.34. The van der Waals surface area contributed by atoms with Gasteiger partial charge in [0.1, 0.15) is 0 Å². The fraction of sp³-hybridized carbons (Fsp3) is 0.889. The first kappa shape index (κ1) is 8.55. The van der Waals surface area contributed by atoms with Crippen molar-refractivity contribution in [3.05, 3.63) is 0 Å². The molecule has 11 heavy (non-hydrogen) atoms. The summed E-state index contributed by atoms with van der Waals surface area (Å²) in [6.07, 6.45) is 2.13. The molecule has 0 heterocycles. The predicted octanol–water partition coefficient (Wildman–Crippen LogP) is 1.70. The van der Waals surface area contributed by atoms with Gasteiger partial charge in [-0.25, -0.2) is 0 Å². The van der Waals surface area contributed by atoms with E-state index in [0.717, 1.165) is 19.3 Å². The van der Waals surface area contributed by atoms with Crippen LogP contribution in [0.25, 0.3) is 0 Å². The molecule has 1 aliphatic carbocycles. The molecule has 0 radical (unpaired) electrons. The zero-order valence-electron chi connectivity index (χ0n) is 7.17. The Labute approximate surface area is 67.8 Å². The molecule has 62 valence electrons. The molecule has 0 aromatic rings. The molecule has 1 fully saturated rings. The lowest BCUT2D eigenvalue weighted by atomic mass is 9.93. The average molecular weight is 153 g/mol. The second-order valence-corrected chi connectivity index (χ2v) is 3.91. The highest BCUT2D eigenvalue weighted by atomic mass is 16.3. The number of hydrogen-bond donors (Lipinski definition) is 1. The largest absolute Gasteiger partial charge is 0.391 e. The van der Waals surface area contributed by atoms with Crippen LogP contribution in [-0.4, -0.2) is 11.2 Å². The third-order valence-corrected chi connectivity index (χ3v) is 2.34. The summed E-state index contributed by atoms with van der Waals surface area (Å²) < 4.78 is 0.